The molecule has 12 heteroatoms. The fourth-order valence-electron chi connectivity index (χ4n) is 2.57. The van der Waals surface area contributed by atoms with Gasteiger partial charge in [-0.1, -0.05) is 11.8 Å². The number of likely N-dealkylation sites (tertiary alicyclic amines) is 1. The number of carbonyl (C=O) groups is 1. The number of nitrogens with zero attached hydrogens (tertiary/aromatic N) is 6. The SMILES string of the molecule is Cn1nnnc1SCC(=O)N1CCC(Oc2ccc(C(F)(F)F)cn2)CC1. The van der Waals surface area contributed by atoms with Crippen molar-refractivity contribution in [2.45, 2.75) is 30.3 Å². The molecule has 0 unspecified atom stereocenters. The van der Waals surface area contributed by atoms with Crippen molar-refractivity contribution >= 4 is 17.7 Å². The minimum absolute atomic E-state index is 0.0193. The van der Waals surface area contributed by atoms with Gasteiger partial charge in [-0.3, -0.25) is 4.79 Å². The summed E-state index contributed by atoms with van der Waals surface area (Å²) >= 11 is 1.26. The summed E-state index contributed by atoms with van der Waals surface area (Å²) in [6.45, 7) is 1.03. The number of hydrogen-bond acceptors (Lipinski definition) is 7. The summed E-state index contributed by atoms with van der Waals surface area (Å²) in [6, 6.07) is 2.16. The molecule has 0 atom stereocenters. The molecule has 0 N–H and O–H groups in total. The van der Waals surface area contributed by atoms with Crippen LogP contribution in [0.25, 0.3) is 0 Å². The molecule has 1 fully saturated rings. The fraction of sp³-hybridized carbons (Fsp3) is 0.533. The Morgan fingerprint density at radius 3 is 2.63 bits per heavy atom. The van der Waals surface area contributed by atoms with E-state index in [0.717, 1.165) is 12.3 Å². The lowest BCUT2D eigenvalue weighted by Gasteiger charge is -2.31. The third kappa shape index (κ3) is 5.08. The van der Waals surface area contributed by atoms with Gasteiger partial charge in [-0.05, 0) is 16.5 Å². The summed E-state index contributed by atoms with van der Waals surface area (Å²) in [6.07, 6.45) is -2.67. The van der Waals surface area contributed by atoms with Crippen molar-refractivity contribution in [1.82, 2.24) is 30.1 Å². The van der Waals surface area contributed by atoms with Gasteiger partial charge >= 0.3 is 6.18 Å². The molecule has 0 aliphatic carbocycles. The average Bonchev–Trinajstić information content (AvgIpc) is 3.05. The van der Waals surface area contributed by atoms with E-state index in [1.807, 2.05) is 0 Å². The van der Waals surface area contributed by atoms with Gasteiger partial charge < -0.3 is 9.64 Å². The van der Waals surface area contributed by atoms with Crippen LogP contribution in [0, 0.1) is 0 Å². The van der Waals surface area contributed by atoms with Gasteiger partial charge in [0.05, 0.1) is 11.3 Å². The summed E-state index contributed by atoms with van der Waals surface area (Å²) < 4.78 is 44.7. The molecule has 27 heavy (non-hydrogen) atoms. The number of ether oxygens (including phenoxy) is 1. The Bertz CT molecular complexity index is 775. The van der Waals surface area contributed by atoms with Crippen LogP contribution in [0.4, 0.5) is 13.2 Å². The van der Waals surface area contributed by atoms with Crippen molar-refractivity contribution in [1.29, 1.82) is 0 Å². The molecule has 0 spiro atoms. The highest BCUT2D eigenvalue weighted by atomic mass is 32.2. The third-order valence-electron chi connectivity index (χ3n) is 4.05. The van der Waals surface area contributed by atoms with E-state index in [1.165, 1.54) is 22.5 Å². The number of carbonyl (C=O) groups excluding carboxylic acids is 1. The number of aromatic nitrogens is 5. The monoisotopic (exact) mass is 402 g/mol. The number of halogens is 3. The molecule has 146 valence electrons. The average molecular weight is 402 g/mol. The van der Waals surface area contributed by atoms with Gasteiger partial charge in [-0.25, -0.2) is 9.67 Å². The van der Waals surface area contributed by atoms with Crippen LogP contribution in [0.15, 0.2) is 23.5 Å². The molecule has 2 aromatic rings. The van der Waals surface area contributed by atoms with Gasteiger partial charge in [0.25, 0.3) is 0 Å². The normalized spacial score (nSPS) is 15.8. The molecule has 0 radical (unpaired) electrons. The topological polar surface area (TPSA) is 86.0 Å². The van der Waals surface area contributed by atoms with E-state index in [-0.39, 0.29) is 23.6 Å². The van der Waals surface area contributed by atoms with Crippen LogP contribution in [-0.4, -0.2) is 60.9 Å². The van der Waals surface area contributed by atoms with Crippen LogP contribution in [0.3, 0.4) is 0 Å². The minimum Gasteiger partial charge on any atom is -0.474 e. The second-order valence-electron chi connectivity index (χ2n) is 5.95. The van der Waals surface area contributed by atoms with Crippen LogP contribution in [0.2, 0.25) is 0 Å². The number of tetrazole rings is 1. The van der Waals surface area contributed by atoms with Crippen LogP contribution in [-0.2, 0) is 18.0 Å². The van der Waals surface area contributed by atoms with E-state index in [4.69, 9.17) is 4.74 Å². The van der Waals surface area contributed by atoms with Crippen molar-refractivity contribution in [3.8, 4) is 5.88 Å². The van der Waals surface area contributed by atoms with Crippen molar-refractivity contribution in [2.24, 2.45) is 7.05 Å². The highest BCUT2D eigenvalue weighted by Gasteiger charge is 2.31. The van der Waals surface area contributed by atoms with Crippen LogP contribution in [0.1, 0.15) is 18.4 Å². The first kappa shape index (κ1) is 19.4. The quantitative estimate of drug-likeness (QED) is 0.705. The van der Waals surface area contributed by atoms with E-state index in [1.54, 1.807) is 11.9 Å². The fourth-order valence-corrected chi connectivity index (χ4v) is 3.33. The molecule has 8 nitrogen and oxygen atoms in total. The molecular weight excluding hydrogens is 385 g/mol. The molecular formula is C15H17F3N6O2S. The third-order valence-corrected chi connectivity index (χ3v) is 5.05. The second kappa shape index (κ2) is 8.11. The molecule has 0 saturated carbocycles. The largest absolute Gasteiger partial charge is 0.474 e. The van der Waals surface area contributed by atoms with Crippen LogP contribution >= 0.6 is 11.8 Å². The number of rotatable bonds is 5. The Morgan fingerprint density at radius 1 is 1.33 bits per heavy atom. The smallest absolute Gasteiger partial charge is 0.417 e. The lowest BCUT2D eigenvalue weighted by Crippen LogP contribution is -2.42. The Balaban J connectivity index is 1.44. The number of piperidine rings is 1. The van der Waals surface area contributed by atoms with E-state index in [9.17, 15) is 18.0 Å². The number of pyridine rings is 1. The van der Waals surface area contributed by atoms with E-state index >= 15 is 0 Å². The summed E-state index contributed by atoms with van der Waals surface area (Å²) in [4.78, 5) is 17.7. The summed E-state index contributed by atoms with van der Waals surface area (Å²) in [5.41, 5.74) is -0.814. The molecule has 1 amide bonds. The molecule has 1 saturated heterocycles. The van der Waals surface area contributed by atoms with Crippen molar-refractivity contribution < 1.29 is 22.7 Å². The first-order valence-corrected chi connectivity index (χ1v) is 9.14. The van der Waals surface area contributed by atoms with Gasteiger partial charge in [0, 0.05) is 45.2 Å². The Hall–Kier alpha value is -2.37. The zero-order valence-corrected chi connectivity index (χ0v) is 15.2. The highest BCUT2D eigenvalue weighted by Crippen LogP contribution is 2.29. The second-order valence-corrected chi connectivity index (χ2v) is 6.90. The summed E-state index contributed by atoms with van der Waals surface area (Å²) in [5.74, 6) is 0.368. The molecule has 1 aliphatic heterocycles. The zero-order valence-electron chi connectivity index (χ0n) is 14.4. The van der Waals surface area contributed by atoms with Crippen molar-refractivity contribution in [2.75, 3.05) is 18.8 Å². The molecule has 0 bridgehead atoms. The summed E-state index contributed by atoms with van der Waals surface area (Å²) in [7, 11) is 1.70. The number of amides is 1. The predicted molar refractivity (Wildman–Crippen MR) is 89.0 cm³/mol. The maximum atomic E-state index is 12.5. The number of alkyl halides is 3. The first-order valence-electron chi connectivity index (χ1n) is 8.16. The van der Waals surface area contributed by atoms with Crippen molar-refractivity contribution in [3.63, 3.8) is 0 Å². The number of thioether (sulfide) groups is 1. The van der Waals surface area contributed by atoms with Crippen LogP contribution in [0.5, 0.6) is 5.88 Å². The zero-order chi connectivity index (χ0) is 19.4. The molecule has 0 aromatic carbocycles. The lowest BCUT2D eigenvalue weighted by molar-refractivity contribution is -0.137. The van der Waals surface area contributed by atoms with Gasteiger partial charge in [0.15, 0.2) is 0 Å². The maximum Gasteiger partial charge on any atom is 0.417 e. The lowest BCUT2D eigenvalue weighted by atomic mass is 10.1. The Labute approximate surface area is 157 Å². The predicted octanol–water partition coefficient (Wildman–Crippen LogP) is 1.79. The summed E-state index contributed by atoms with van der Waals surface area (Å²) in [5, 5.41) is 11.6. The van der Waals surface area contributed by atoms with Gasteiger partial charge in [-0.15, -0.1) is 5.10 Å². The van der Waals surface area contributed by atoms with Crippen LogP contribution < -0.4 is 4.74 Å². The van der Waals surface area contributed by atoms with E-state index < -0.39 is 11.7 Å². The Kier molecular flexibility index (Phi) is 5.82. The van der Waals surface area contributed by atoms with Crippen molar-refractivity contribution in [3.05, 3.63) is 23.9 Å². The standard InChI is InChI=1S/C15H17F3N6O2S/c1-23-14(20-21-22-23)27-9-13(25)24-6-4-11(5-7-24)26-12-3-2-10(8-19-12)15(16,17)18/h2-3,8,11H,4-7,9H2,1H3. The number of hydrogen-bond donors (Lipinski definition) is 0. The van der Waals surface area contributed by atoms with E-state index in [0.29, 0.717) is 31.1 Å². The molecule has 3 rings (SSSR count). The maximum absolute atomic E-state index is 12.5. The minimum atomic E-state index is -4.42. The van der Waals surface area contributed by atoms with E-state index in [2.05, 4.69) is 20.5 Å². The molecule has 2 aromatic heterocycles. The van der Waals surface area contributed by atoms with Gasteiger partial charge in [-0.2, -0.15) is 13.2 Å². The highest BCUT2D eigenvalue weighted by molar-refractivity contribution is 7.99. The molecule has 1 aliphatic rings. The number of aryl methyl sites for hydroxylation is 1. The van der Waals surface area contributed by atoms with Gasteiger partial charge in [0.2, 0.25) is 16.9 Å². The Morgan fingerprint density at radius 2 is 2.07 bits per heavy atom. The first-order chi connectivity index (χ1) is 12.8. The molecule has 3 heterocycles. The van der Waals surface area contributed by atoms with Gasteiger partial charge in [0.1, 0.15) is 6.10 Å².